The number of phenols is 1. The van der Waals surface area contributed by atoms with E-state index < -0.39 is 23.3 Å². The number of nitrogens with one attached hydrogen (secondary N) is 1. The van der Waals surface area contributed by atoms with E-state index in [9.17, 15) is 9.50 Å². The molecule has 2 N–H and O–H groups in total. The highest BCUT2D eigenvalue weighted by Crippen LogP contribution is 2.44. The van der Waals surface area contributed by atoms with Crippen LogP contribution in [0.2, 0.25) is 5.02 Å². The fraction of sp³-hybridized carbons (Fsp3) is 0.438. The van der Waals surface area contributed by atoms with Gasteiger partial charge in [0, 0.05) is 60.0 Å². The average Bonchev–Trinajstić information content (AvgIpc) is 3.62. The van der Waals surface area contributed by atoms with E-state index in [2.05, 4.69) is 20.1 Å². The smallest absolute Gasteiger partial charge is 0.319 e. The highest BCUT2D eigenvalue weighted by atomic mass is 35.5. The van der Waals surface area contributed by atoms with E-state index in [0.717, 1.165) is 32.2 Å². The molecular formula is C32H31ClF3N5O2. The molecule has 0 aliphatic carbocycles. The Morgan fingerprint density at radius 1 is 1.09 bits per heavy atom. The van der Waals surface area contributed by atoms with E-state index >= 15 is 8.78 Å². The Morgan fingerprint density at radius 2 is 1.91 bits per heavy atom. The Labute approximate surface area is 251 Å². The first-order valence-electron chi connectivity index (χ1n) is 14.9. The van der Waals surface area contributed by atoms with Crippen LogP contribution in [0, 0.1) is 11.6 Å². The molecule has 4 saturated heterocycles. The third kappa shape index (κ3) is 4.48. The molecule has 4 fully saturated rings. The highest BCUT2D eigenvalue weighted by Gasteiger charge is 2.49. The molecule has 4 aliphatic heterocycles. The number of aromatic nitrogens is 2. The second-order valence-electron chi connectivity index (χ2n) is 12.5. The molecule has 0 amide bonds. The van der Waals surface area contributed by atoms with Gasteiger partial charge in [0.2, 0.25) is 0 Å². The van der Waals surface area contributed by atoms with Crippen molar-refractivity contribution in [2.75, 3.05) is 37.7 Å². The van der Waals surface area contributed by atoms with Crippen molar-refractivity contribution in [3.05, 3.63) is 53.1 Å². The van der Waals surface area contributed by atoms with Crippen LogP contribution in [0.1, 0.15) is 32.1 Å². The summed E-state index contributed by atoms with van der Waals surface area (Å²) in [5.41, 5.74) is -0.365. The molecule has 4 atom stereocenters. The summed E-state index contributed by atoms with van der Waals surface area (Å²) in [5.74, 6) is -0.937. The number of ether oxygens (including phenoxy) is 1. The Kier molecular flexibility index (Phi) is 6.40. The van der Waals surface area contributed by atoms with E-state index in [1.165, 1.54) is 24.3 Å². The number of anilines is 1. The molecule has 1 aromatic heterocycles. The third-order valence-corrected chi connectivity index (χ3v) is 10.1. The number of piperazine rings is 1. The molecule has 0 radical (unpaired) electrons. The maximum Gasteiger partial charge on any atom is 0.319 e. The Morgan fingerprint density at radius 3 is 2.72 bits per heavy atom. The third-order valence-electron chi connectivity index (χ3n) is 9.77. The lowest BCUT2D eigenvalue weighted by molar-refractivity contribution is 0.107. The molecule has 224 valence electrons. The van der Waals surface area contributed by atoms with Gasteiger partial charge in [-0.3, -0.25) is 4.90 Å². The minimum absolute atomic E-state index is 0.00585. The molecule has 0 saturated carbocycles. The Bertz CT molecular complexity index is 1760. The molecule has 2 unspecified atom stereocenters. The number of halogens is 4. The topological polar surface area (TPSA) is 73.8 Å². The fourth-order valence-electron chi connectivity index (χ4n) is 7.89. The average molecular weight is 610 g/mol. The number of phenolic OH excluding ortho intramolecular Hbond substituents is 1. The lowest BCUT2D eigenvalue weighted by Crippen LogP contribution is -2.51. The number of hydrogen-bond donors (Lipinski definition) is 2. The number of alkyl halides is 1. The van der Waals surface area contributed by atoms with Crippen LogP contribution in [-0.2, 0) is 0 Å². The molecule has 4 aliphatic rings. The number of nitrogens with zero attached hydrogens (tertiary/aromatic N) is 4. The zero-order chi connectivity index (χ0) is 29.5. The summed E-state index contributed by atoms with van der Waals surface area (Å²) in [6, 6.07) is 9.43. The summed E-state index contributed by atoms with van der Waals surface area (Å²) in [4.78, 5) is 13.6. The van der Waals surface area contributed by atoms with Crippen LogP contribution in [0.5, 0.6) is 11.8 Å². The summed E-state index contributed by atoms with van der Waals surface area (Å²) in [7, 11) is 0. The SMILES string of the molecule is Oc1cc(-c2c(Cl)cc3c(N4CC5CCC(C4)N5)nc(OC[C@]45CCCN4C[C@H](F)C5)nc3c2F)c2c(F)cccc2c1. The predicted molar refractivity (Wildman–Crippen MR) is 160 cm³/mol. The minimum Gasteiger partial charge on any atom is -0.508 e. The normalized spacial score (nSPS) is 27.0. The van der Waals surface area contributed by atoms with Gasteiger partial charge in [0.1, 0.15) is 35.7 Å². The van der Waals surface area contributed by atoms with E-state index in [0.29, 0.717) is 54.7 Å². The van der Waals surface area contributed by atoms with Gasteiger partial charge in [0.25, 0.3) is 0 Å². The summed E-state index contributed by atoms with van der Waals surface area (Å²) in [6.07, 6.45) is 3.36. The molecule has 8 rings (SSSR count). The maximum atomic E-state index is 16.8. The van der Waals surface area contributed by atoms with Gasteiger partial charge in [-0.2, -0.15) is 9.97 Å². The summed E-state index contributed by atoms with van der Waals surface area (Å²) >= 11 is 6.79. The van der Waals surface area contributed by atoms with Gasteiger partial charge >= 0.3 is 6.01 Å². The van der Waals surface area contributed by atoms with E-state index in [1.54, 1.807) is 12.1 Å². The van der Waals surface area contributed by atoms with Crippen LogP contribution in [0.25, 0.3) is 32.8 Å². The maximum absolute atomic E-state index is 16.8. The zero-order valence-corrected chi connectivity index (χ0v) is 24.2. The Hall–Kier alpha value is -3.34. The molecule has 3 aromatic carbocycles. The summed E-state index contributed by atoms with van der Waals surface area (Å²) < 4.78 is 52.6. The van der Waals surface area contributed by atoms with Crippen LogP contribution in [0.15, 0.2) is 36.4 Å². The van der Waals surface area contributed by atoms with Gasteiger partial charge < -0.3 is 20.1 Å². The number of hydrogen-bond acceptors (Lipinski definition) is 7. The van der Waals surface area contributed by atoms with Crippen molar-refractivity contribution in [1.82, 2.24) is 20.2 Å². The molecular weight excluding hydrogens is 579 g/mol. The van der Waals surface area contributed by atoms with Crippen molar-refractivity contribution in [3.8, 4) is 22.9 Å². The van der Waals surface area contributed by atoms with E-state index in [1.807, 2.05) is 0 Å². The molecule has 2 bridgehead atoms. The van der Waals surface area contributed by atoms with Gasteiger partial charge in [-0.25, -0.2) is 13.2 Å². The second-order valence-corrected chi connectivity index (χ2v) is 12.9. The molecule has 0 spiro atoms. The van der Waals surface area contributed by atoms with Crippen molar-refractivity contribution in [2.24, 2.45) is 0 Å². The van der Waals surface area contributed by atoms with Crippen LogP contribution in [0.4, 0.5) is 19.0 Å². The first kappa shape index (κ1) is 27.2. The van der Waals surface area contributed by atoms with Crippen LogP contribution in [0.3, 0.4) is 0 Å². The number of benzene rings is 3. The minimum atomic E-state index is -0.909. The van der Waals surface area contributed by atoms with Gasteiger partial charge in [0.15, 0.2) is 5.82 Å². The molecule has 43 heavy (non-hydrogen) atoms. The van der Waals surface area contributed by atoms with Crippen LogP contribution < -0.4 is 15.0 Å². The van der Waals surface area contributed by atoms with Gasteiger partial charge in [0.05, 0.1) is 10.6 Å². The fourth-order valence-corrected chi connectivity index (χ4v) is 8.19. The lowest BCUT2D eigenvalue weighted by Gasteiger charge is -2.34. The molecule has 7 nitrogen and oxygen atoms in total. The van der Waals surface area contributed by atoms with Crippen molar-refractivity contribution in [1.29, 1.82) is 0 Å². The zero-order valence-electron chi connectivity index (χ0n) is 23.4. The highest BCUT2D eigenvalue weighted by molar-refractivity contribution is 6.35. The monoisotopic (exact) mass is 609 g/mol. The molecule has 5 heterocycles. The lowest BCUT2D eigenvalue weighted by atomic mass is 9.95. The van der Waals surface area contributed by atoms with Gasteiger partial charge in [-0.1, -0.05) is 23.7 Å². The molecule has 4 aromatic rings. The summed E-state index contributed by atoms with van der Waals surface area (Å²) in [6.45, 7) is 2.79. The number of rotatable bonds is 5. The standard InChI is InChI=1S/C32H31ClF3N5O2/c33-24-11-23-29(28(36)27(24)22-10-21(42)9-17-3-1-4-25(35)26(17)22)38-31(39-30(23)40-14-19-5-6-20(15-40)37-19)43-16-32-7-2-8-41(32)13-18(34)12-32/h1,3-4,9-11,18-20,37,42H,2,5-8,12-16H2/t18-,19?,20?,32-/m1/s1. The van der Waals surface area contributed by atoms with E-state index in [4.69, 9.17) is 21.3 Å². The van der Waals surface area contributed by atoms with Crippen LogP contribution in [-0.4, -0.2) is 76.6 Å². The number of fused-ring (bicyclic) bond motifs is 5. The van der Waals surface area contributed by atoms with Gasteiger partial charge in [-0.15, -0.1) is 0 Å². The quantitative estimate of drug-likeness (QED) is 0.288. The van der Waals surface area contributed by atoms with Crippen molar-refractivity contribution < 1.29 is 23.0 Å². The summed E-state index contributed by atoms with van der Waals surface area (Å²) in [5, 5.41) is 15.1. The van der Waals surface area contributed by atoms with Crippen LogP contribution >= 0.6 is 11.6 Å². The van der Waals surface area contributed by atoms with Crippen molar-refractivity contribution in [3.63, 3.8) is 0 Å². The van der Waals surface area contributed by atoms with E-state index in [-0.39, 0.29) is 45.4 Å². The molecule has 11 heteroatoms. The first-order chi connectivity index (χ1) is 20.8. The van der Waals surface area contributed by atoms with Crippen molar-refractivity contribution in [2.45, 2.75) is 55.9 Å². The number of aromatic hydroxyl groups is 1. The van der Waals surface area contributed by atoms with Crippen molar-refractivity contribution >= 4 is 39.1 Å². The largest absolute Gasteiger partial charge is 0.508 e. The Balaban J connectivity index is 1.28. The predicted octanol–water partition coefficient (Wildman–Crippen LogP) is 5.98. The first-order valence-corrected chi connectivity index (χ1v) is 15.3. The second kappa shape index (κ2) is 10.1. The van der Waals surface area contributed by atoms with Gasteiger partial charge in [-0.05, 0) is 61.9 Å².